The van der Waals surface area contributed by atoms with Crippen molar-refractivity contribution in [3.63, 3.8) is 0 Å². The Bertz CT molecular complexity index is 391. The van der Waals surface area contributed by atoms with Gasteiger partial charge in [0, 0.05) is 25.0 Å². The second kappa shape index (κ2) is 7.39. The van der Waals surface area contributed by atoms with Crippen LogP contribution in [0.1, 0.15) is 25.3 Å². The second-order valence-corrected chi connectivity index (χ2v) is 4.96. The largest absolute Gasteiger partial charge is 0.341 e. The van der Waals surface area contributed by atoms with Crippen LogP contribution in [-0.2, 0) is 11.3 Å². The molecule has 100 valence electrons. The minimum atomic E-state index is 0.118. The number of amides is 1. The van der Waals surface area contributed by atoms with Crippen LogP contribution < -0.4 is 5.73 Å². The molecule has 0 aromatic heterocycles. The minimum absolute atomic E-state index is 0.118. The molecule has 0 aliphatic carbocycles. The fraction of sp³-hybridized carbons (Fsp3) is 0.500. The average molecular weight is 269 g/mol. The summed E-state index contributed by atoms with van der Waals surface area (Å²) in [4.78, 5) is 13.7. The number of carbonyl (C=O) groups excluding carboxylic acids is 1. The molecule has 2 N–H and O–H groups in total. The molecule has 4 heteroatoms. The van der Waals surface area contributed by atoms with Gasteiger partial charge in [0.15, 0.2) is 0 Å². The summed E-state index contributed by atoms with van der Waals surface area (Å²) in [7, 11) is 1.80. The molecule has 1 rings (SSSR count). The zero-order valence-corrected chi connectivity index (χ0v) is 11.8. The lowest BCUT2D eigenvalue weighted by Gasteiger charge is -2.20. The predicted molar refractivity (Wildman–Crippen MR) is 75.4 cm³/mol. The van der Waals surface area contributed by atoms with Gasteiger partial charge in [-0.05, 0) is 24.1 Å². The first-order chi connectivity index (χ1) is 8.58. The summed E-state index contributed by atoms with van der Waals surface area (Å²) in [6.45, 7) is 3.15. The molecule has 0 bridgehead atoms. The van der Waals surface area contributed by atoms with Crippen molar-refractivity contribution in [1.29, 1.82) is 0 Å². The predicted octanol–water partition coefficient (Wildman–Crippen LogP) is 2.67. The topological polar surface area (TPSA) is 46.3 Å². The zero-order chi connectivity index (χ0) is 13.5. The van der Waals surface area contributed by atoms with Gasteiger partial charge in [0.05, 0.1) is 0 Å². The molecule has 18 heavy (non-hydrogen) atoms. The summed E-state index contributed by atoms with van der Waals surface area (Å²) < 4.78 is 0. The van der Waals surface area contributed by atoms with E-state index in [9.17, 15) is 4.79 Å². The van der Waals surface area contributed by atoms with Gasteiger partial charge < -0.3 is 10.6 Å². The van der Waals surface area contributed by atoms with Crippen LogP contribution in [0.25, 0.3) is 0 Å². The highest BCUT2D eigenvalue weighted by Crippen LogP contribution is 2.17. The molecule has 0 fully saturated rings. The van der Waals surface area contributed by atoms with Gasteiger partial charge in [-0.3, -0.25) is 4.79 Å². The van der Waals surface area contributed by atoms with E-state index in [4.69, 9.17) is 17.3 Å². The summed E-state index contributed by atoms with van der Waals surface area (Å²) in [6.07, 6.45) is 1.44. The lowest BCUT2D eigenvalue weighted by Crippen LogP contribution is -2.29. The molecular weight excluding hydrogens is 248 g/mol. The molecule has 3 nitrogen and oxygen atoms in total. The Morgan fingerprint density at radius 3 is 2.67 bits per heavy atom. The monoisotopic (exact) mass is 268 g/mol. The normalized spacial score (nSPS) is 12.2. The Labute approximate surface area is 114 Å². The molecule has 1 atom stereocenters. The van der Waals surface area contributed by atoms with E-state index in [2.05, 4.69) is 6.92 Å². The van der Waals surface area contributed by atoms with Gasteiger partial charge in [-0.25, -0.2) is 0 Å². The van der Waals surface area contributed by atoms with Gasteiger partial charge in [-0.1, -0.05) is 43.1 Å². The number of rotatable bonds is 6. The highest BCUT2D eigenvalue weighted by molar-refractivity contribution is 6.31. The van der Waals surface area contributed by atoms with Crippen molar-refractivity contribution in [1.82, 2.24) is 4.90 Å². The van der Waals surface area contributed by atoms with E-state index in [1.807, 2.05) is 24.3 Å². The van der Waals surface area contributed by atoms with Crippen LogP contribution in [0.2, 0.25) is 5.02 Å². The maximum Gasteiger partial charge on any atom is 0.222 e. The number of hydrogen-bond acceptors (Lipinski definition) is 2. The van der Waals surface area contributed by atoms with Gasteiger partial charge in [0.25, 0.3) is 0 Å². The van der Waals surface area contributed by atoms with Gasteiger partial charge in [0.1, 0.15) is 0 Å². The standard InChI is InChI=1S/C14H21ClN2O/c1-3-11(9-16)8-14(18)17(2)10-12-6-4-5-7-13(12)15/h4-7,11H,3,8-10,16H2,1-2H3. The molecule has 1 aromatic rings. The molecule has 0 aliphatic rings. The molecule has 0 saturated heterocycles. The zero-order valence-electron chi connectivity index (χ0n) is 11.0. The fourth-order valence-corrected chi connectivity index (χ4v) is 1.96. The van der Waals surface area contributed by atoms with Crippen molar-refractivity contribution in [2.75, 3.05) is 13.6 Å². The Balaban J connectivity index is 2.57. The molecule has 1 unspecified atom stereocenters. The van der Waals surface area contributed by atoms with Crippen molar-refractivity contribution in [2.24, 2.45) is 11.7 Å². The second-order valence-electron chi connectivity index (χ2n) is 4.56. The smallest absolute Gasteiger partial charge is 0.222 e. The summed E-state index contributed by atoms with van der Waals surface area (Å²) in [5.74, 6) is 0.387. The number of hydrogen-bond donors (Lipinski definition) is 1. The molecule has 0 spiro atoms. The van der Waals surface area contributed by atoms with E-state index in [-0.39, 0.29) is 11.8 Å². The summed E-state index contributed by atoms with van der Waals surface area (Å²) in [6, 6.07) is 7.58. The van der Waals surface area contributed by atoms with Crippen LogP contribution in [-0.4, -0.2) is 24.4 Å². The van der Waals surface area contributed by atoms with Crippen molar-refractivity contribution < 1.29 is 4.79 Å². The van der Waals surface area contributed by atoms with Crippen LogP contribution in [0.15, 0.2) is 24.3 Å². The SMILES string of the molecule is CCC(CN)CC(=O)N(C)Cc1ccccc1Cl. The van der Waals surface area contributed by atoms with Crippen LogP contribution in [0.5, 0.6) is 0 Å². The first kappa shape index (κ1) is 15.0. The minimum Gasteiger partial charge on any atom is -0.341 e. The third-order valence-corrected chi connectivity index (χ3v) is 3.53. The van der Waals surface area contributed by atoms with Crippen LogP contribution in [0.3, 0.4) is 0 Å². The Morgan fingerprint density at radius 2 is 2.11 bits per heavy atom. The Kier molecular flexibility index (Phi) is 6.16. The number of nitrogens with zero attached hydrogens (tertiary/aromatic N) is 1. The van der Waals surface area contributed by atoms with E-state index in [1.165, 1.54) is 0 Å². The maximum atomic E-state index is 12.0. The molecular formula is C14H21ClN2O. The molecule has 0 radical (unpaired) electrons. The van der Waals surface area contributed by atoms with E-state index in [0.717, 1.165) is 12.0 Å². The first-order valence-electron chi connectivity index (χ1n) is 6.25. The highest BCUT2D eigenvalue weighted by Gasteiger charge is 2.15. The molecule has 1 aromatic carbocycles. The molecule has 0 saturated carbocycles. The molecule has 1 amide bonds. The van der Waals surface area contributed by atoms with Gasteiger partial charge in [-0.15, -0.1) is 0 Å². The van der Waals surface area contributed by atoms with Crippen molar-refractivity contribution >= 4 is 17.5 Å². The maximum absolute atomic E-state index is 12.0. The van der Waals surface area contributed by atoms with Crippen molar-refractivity contribution in [2.45, 2.75) is 26.3 Å². The van der Waals surface area contributed by atoms with E-state index < -0.39 is 0 Å². The van der Waals surface area contributed by atoms with Gasteiger partial charge >= 0.3 is 0 Å². The van der Waals surface area contributed by atoms with E-state index >= 15 is 0 Å². The average Bonchev–Trinajstić information content (AvgIpc) is 2.38. The Morgan fingerprint density at radius 1 is 1.44 bits per heavy atom. The number of nitrogens with two attached hydrogens (primary N) is 1. The lowest BCUT2D eigenvalue weighted by molar-refractivity contribution is -0.131. The quantitative estimate of drug-likeness (QED) is 0.862. The van der Waals surface area contributed by atoms with Gasteiger partial charge in [0.2, 0.25) is 5.91 Å². The van der Waals surface area contributed by atoms with Crippen LogP contribution >= 0.6 is 11.6 Å². The van der Waals surface area contributed by atoms with E-state index in [1.54, 1.807) is 11.9 Å². The van der Waals surface area contributed by atoms with Gasteiger partial charge in [-0.2, -0.15) is 0 Å². The fourth-order valence-electron chi connectivity index (χ4n) is 1.77. The number of carbonyl (C=O) groups is 1. The third kappa shape index (κ3) is 4.31. The van der Waals surface area contributed by atoms with Crippen LogP contribution in [0, 0.1) is 5.92 Å². The molecule has 0 heterocycles. The van der Waals surface area contributed by atoms with Crippen molar-refractivity contribution in [3.8, 4) is 0 Å². The molecule has 0 aliphatic heterocycles. The lowest BCUT2D eigenvalue weighted by atomic mass is 10.0. The highest BCUT2D eigenvalue weighted by atomic mass is 35.5. The summed E-state index contributed by atoms with van der Waals surface area (Å²) in [5.41, 5.74) is 6.58. The Hall–Kier alpha value is -1.06. The number of halogens is 1. The summed E-state index contributed by atoms with van der Waals surface area (Å²) >= 11 is 6.08. The third-order valence-electron chi connectivity index (χ3n) is 3.17. The summed E-state index contributed by atoms with van der Waals surface area (Å²) in [5, 5.41) is 0.697. The number of benzene rings is 1. The van der Waals surface area contributed by atoms with Crippen LogP contribution in [0.4, 0.5) is 0 Å². The van der Waals surface area contributed by atoms with Crippen molar-refractivity contribution in [3.05, 3.63) is 34.9 Å². The first-order valence-corrected chi connectivity index (χ1v) is 6.63. The van der Waals surface area contributed by atoms with E-state index in [0.29, 0.717) is 24.5 Å².